The lowest BCUT2D eigenvalue weighted by Crippen LogP contribution is -2.31. The van der Waals surface area contributed by atoms with Crippen LogP contribution in [-0.4, -0.2) is 23.4 Å². The van der Waals surface area contributed by atoms with E-state index in [9.17, 15) is 4.79 Å². The molecule has 1 saturated carbocycles. The first-order chi connectivity index (χ1) is 8.20. The third-order valence-electron chi connectivity index (χ3n) is 2.46. The van der Waals surface area contributed by atoms with Gasteiger partial charge in [-0.1, -0.05) is 11.6 Å². The van der Waals surface area contributed by atoms with Crippen LogP contribution >= 0.6 is 23.1 Å². The van der Waals surface area contributed by atoms with Gasteiger partial charge in [-0.2, -0.15) is 9.64 Å². The zero-order valence-electron chi connectivity index (χ0n) is 8.99. The summed E-state index contributed by atoms with van der Waals surface area (Å²) < 4.78 is 3.84. The summed E-state index contributed by atoms with van der Waals surface area (Å²) in [5, 5.41) is 15.2. The molecule has 1 aromatic rings. The van der Waals surface area contributed by atoms with Crippen molar-refractivity contribution >= 4 is 34.0 Å². The average Bonchev–Trinajstić information content (AvgIpc) is 3.08. The van der Waals surface area contributed by atoms with Crippen molar-refractivity contribution in [3.05, 3.63) is 10.7 Å². The minimum atomic E-state index is -0.0784. The standard InChI is InChI=1S/C10H11ClN4OS/c11-9-7(3-12)10(17-15-9)14-5-8(16)13-4-6-1-2-6/h6,14H,1-2,4-5H2,(H,13,16). The van der Waals surface area contributed by atoms with Gasteiger partial charge < -0.3 is 10.6 Å². The summed E-state index contributed by atoms with van der Waals surface area (Å²) in [5.74, 6) is 0.580. The maximum atomic E-state index is 11.4. The molecule has 0 unspecified atom stereocenters. The first-order valence-electron chi connectivity index (χ1n) is 5.26. The maximum absolute atomic E-state index is 11.4. The molecule has 90 valence electrons. The molecule has 0 aliphatic heterocycles. The molecule has 0 aromatic carbocycles. The topological polar surface area (TPSA) is 77.8 Å². The molecule has 0 atom stereocenters. The van der Waals surface area contributed by atoms with Gasteiger partial charge >= 0.3 is 0 Å². The summed E-state index contributed by atoms with van der Waals surface area (Å²) in [6.07, 6.45) is 2.41. The highest BCUT2D eigenvalue weighted by Gasteiger charge is 2.21. The second-order valence-electron chi connectivity index (χ2n) is 3.89. The molecule has 5 nitrogen and oxygen atoms in total. The number of amides is 1. The van der Waals surface area contributed by atoms with E-state index >= 15 is 0 Å². The molecule has 1 fully saturated rings. The van der Waals surface area contributed by atoms with Gasteiger partial charge in [-0.3, -0.25) is 4.79 Å². The van der Waals surface area contributed by atoms with Crippen LogP contribution in [0.4, 0.5) is 5.00 Å². The second kappa shape index (κ2) is 5.34. The fraction of sp³-hybridized carbons (Fsp3) is 0.500. The van der Waals surface area contributed by atoms with E-state index in [1.165, 1.54) is 12.8 Å². The highest BCUT2D eigenvalue weighted by atomic mass is 35.5. The molecule has 0 bridgehead atoms. The Morgan fingerprint density at radius 2 is 2.41 bits per heavy atom. The summed E-state index contributed by atoms with van der Waals surface area (Å²) in [6.45, 7) is 0.884. The molecule has 0 spiro atoms. The number of hydrogen-bond donors (Lipinski definition) is 2. The Hall–Kier alpha value is -1.32. The summed E-state index contributed by atoms with van der Waals surface area (Å²) in [7, 11) is 0. The fourth-order valence-electron chi connectivity index (χ4n) is 1.29. The van der Waals surface area contributed by atoms with Gasteiger partial charge in [-0.15, -0.1) is 0 Å². The van der Waals surface area contributed by atoms with Crippen molar-refractivity contribution in [2.45, 2.75) is 12.8 Å². The maximum Gasteiger partial charge on any atom is 0.239 e. The first-order valence-corrected chi connectivity index (χ1v) is 6.41. The molecule has 0 saturated heterocycles. The Morgan fingerprint density at radius 3 is 3.06 bits per heavy atom. The molecular formula is C10H11ClN4OS. The van der Waals surface area contributed by atoms with Crippen molar-refractivity contribution < 1.29 is 4.79 Å². The van der Waals surface area contributed by atoms with Crippen LogP contribution in [0.3, 0.4) is 0 Å². The van der Waals surface area contributed by atoms with Crippen LogP contribution < -0.4 is 10.6 Å². The molecule has 1 aliphatic rings. The molecule has 1 amide bonds. The second-order valence-corrected chi connectivity index (χ2v) is 5.02. The summed E-state index contributed by atoms with van der Waals surface area (Å²) in [5.41, 5.74) is 0.298. The normalized spacial score (nSPS) is 14.1. The Balaban J connectivity index is 1.80. The number of anilines is 1. The summed E-state index contributed by atoms with van der Waals surface area (Å²) in [6, 6.07) is 1.95. The average molecular weight is 271 g/mol. The van der Waals surface area contributed by atoms with Crippen LogP contribution in [0, 0.1) is 17.2 Å². The molecule has 1 aromatic heterocycles. The van der Waals surface area contributed by atoms with Crippen molar-refractivity contribution in [2.24, 2.45) is 5.92 Å². The number of carbonyl (C=O) groups excluding carboxylic acids is 1. The quantitative estimate of drug-likeness (QED) is 0.852. The zero-order chi connectivity index (χ0) is 12.3. The highest BCUT2D eigenvalue weighted by molar-refractivity contribution is 7.10. The van der Waals surface area contributed by atoms with Crippen molar-refractivity contribution in [1.29, 1.82) is 5.26 Å². The number of hydrogen-bond acceptors (Lipinski definition) is 5. The van der Waals surface area contributed by atoms with E-state index in [4.69, 9.17) is 16.9 Å². The van der Waals surface area contributed by atoms with E-state index < -0.39 is 0 Å². The molecule has 0 radical (unpaired) electrons. The predicted molar refractivity (Wildman–Crippen MR) is 66.1 cm³/mol. The number of nitrogens with one attached hydrogen (secondary N) is 2. The van der Waals surface area contributed by atoms with Crippen molar-refractivity contribution in [3.63, 3.8) is 0 Å². The van der Waals surface area contributed by atoms with E-state index in [1.807, 2.05) is 6.07 Å². The van der Waals surface area contributed by atoms with E-state index in [0.29, 0.717) is 16.5 Å². The fourth-order valence-corrected chi connectivity index (χ4v) is 2.22. The van der Waals surface area contributed by atoms with Gasteiger partial charge in [0.15, 0.2) is 5.15 Å². The van der Waals surface area contributed by atoms with Crippen LogP contribution in [-0.2, 0) is 4.79 Å². The minimum Gasteiger partial charge on any atom is -0.365 e. The van der Waals surface area contributed by atoms with Gasteiger partial charge in [0, 0.05) is 6.54 Å². The number of carbonyl (C=O) groups is 1. The summed E-state index contributed by atoms with van der Waals surface area (Å²) >= 11 is 6.79. The lowest BCUT2D eigenvalue weighted by molar-refractivity contribution is -0.119. The van der Waals surface area contributed by atoms with Crippen LogP contribution in [0.15, 0.2) is 0 Å². The number of rotatable bonds is 5. The molecule has 1 aliphatic carbocycles. The van der Waals surface area contributed by atoms with Crippen LogP contribution in [0.2, 0.25) is 5.15 Å². The molecule has 1 heterocycles. The SMILES string of the molecule is N#Cc1c(Cl)nsc1NCC(=O)NCC1CC1. The Labute approximate surface area is 108 Å². The molecular weight excluding hydrogens is 260 g/mol. The summed E-state index contributed by atoms with van der Waals surface area (Å²) in [4.78, 5) is 11.4. The van der Waals surface area contributed by atoms with Crippen molar-refractivity contribution in [2.75, 3.05) is 18.4 Å². The van der Waals surface area contributed by atoms with Gasteiger partial charge in [0.1, 0.15) is 16.6 Å². The lowest BCUT2D eigenvalue weighted by atomic mass is 10.4. The monoisotopic (exact) mass is 270 g/mol. The molecule has 17 heavy (non-hydrogen) atoms. The third kappa shape index (κ3) is 3.32. The number of nitrogens with zero attached hydrogens (tertiary/aromatic N) is 2. The van der Waals surface area contributed by atoms with Gasteiger partial charge in [0.05, 0.1) is 6.54 Å². The molecule has 2 N–H and O–H groups in total. The zero-order valence-corrected chi connectivity index (χ0v) is 10.6. The van der Waals surface area contributed by atoms with E-state index in [0.717, 1.165) is 18.1 Å². The van der Waals surface area contributed by atoms with Gasteiger partial charge in [0.2, 0.25) is 5.91 Å². The van der Waals surface area contributed by atoms with Gasteiger partial charge in [-0.25, -0.2) is 0 Å². The van der Waals surface area contributed by atoms with E-state index in [1.54, 1.807) is 0 Å². The molecule has 2 rings (SSSR count). The number of aromatic nitrogens is 1. The van der Waals surface area contributed by atoms with Crippen LogP contribution in [0.25, 0.3) is 0 Å². The highest BCUT2D eigenvalue weighted by Crippen LogP contribution is 2.28. The lowest BCUT2D eigenvalue weighted by Gasteiger charge is -2.05. The smallest absolute Gasteiger partial charge is 0.239 e. The Kier molecular flexibility index (Phi) is 3.82. The third-order valence-corrected chi connectivity index (χ3v) is 3.64. The first kappa shape index (κ1) is 12.1. The molecule has 7 heteroatoms. The van der Waals surface area contributed by atoms with Crippen molar-refractivity contribution in [3.8, 4) is 6.07 Å². The van der Waals surface area contributed by atoms with Crippen LogP contribution in [0.1, 0.15) is 18.4 Å². The van der Waals surface area contributed by atoms with Gasteiger partial charge in [-0.05, 0) is 30.3 Å². The van der Waals surface area contributed by atoms with E-state index in [2.05, 4.69) is 15.0 Å². The minimum absolute atomic E-state index is 0.0784. The Bertz CT molecular complexity index is 463. The number of halogens is 1. The van der Waals surface area contributed by atoms with Gasteiger partial charge in [0.25, 0.3) is 0 Å². The van der Waals surface area contributed by atoms with Crippen LogP contribution in [0.5, 0.6) is 0 Å². The predicted octanol–water partition coefficient (Wildman–Crippen LogP) is 1.61. The number of nitriles is 1. The van der Waals surface area contributed by atoms with Crippen molar-refractivity contribution in [1.82, 2.24) is 9.69 Å². The van der Waals surface area contributed by atoms with E-state index in [-0.39, 0.29) is 17.6 Å². The Morgan fingerprint density at radius 1 is 1.65 bits per heavy atom. The largest absolute Gasteiger partial charge is 0.365 e.